The molecule has 0 nitrogen and oxygen atoms in total. The van der Waals surface area contributed by atoms with E-state index in [-0.39, 0.29) is 5.92 Å². The van der Waals surface area contributed by atoms with Crippen LogP contribution >= 0.6 is 22.6 Å². The van der Waals surface area contributed by atoms with Crippen molar-refractivity contribution in [3.8, 4) is 0 Å². The largest absolute Gasteiger partial charge is 0.244 e. The summed E-state index contributed by atoms with van der Waals surface area (Å²) in [5.74, 6) is 0.288. The highest BCUT2D eigenvalue weighted by atomic mass is 127. The molecule has 0 N–H and O–H groups in total. The van der Waals surface area contributed by atoms with Crippen LogP contribution in [0.2, 0.25) is 0 Å². The summed E-state index contributed by atoms with van der Waals surface area (Å²) in [6.45, 7) is 0. The molecule has 0 aliphatic heterocycles. The molecule has 0 radical (unpaired) electrons. The van der Waals surface area contributed by atoms with Gasteiger partial charge in [0.05, 0.1) is 0 Å². The Balaban J connectivity index is 2.35. The monoisotopic (exact) mass is 246 g/mol. The van der Waals surface area contributed by atoms with E-state index < -0.39 is 12.3 Å². The Morgan fingerprint density at radius 3 is 1.89 bits per heavy atom. The van der Waals surface area contributed by atoms with Gasteiger partial charge in [-0.25, -0.2) is 8.78 Å². The molecule has 9 heavy (non-hydrogen) atoms. The molecule has 0 aromatic rings. The molecule has 0 bridgehead atoms. The van der Waals surface area contributed by atoms with E-state index in [4.69, 9.17) is 0 Å². The fraction of sp³-hybridized carbons (Fsp3) is 1.00. The lowest BCUT2D eigenvalue weighted by molar-refractivity contribution is 0.199. The van der Waals surface area contributed by atoms with Crippen LogP contribution in [0.4, 0.5) is 8.78 Å². The van der Waals surface area contributed by atoms with Crippen molar-refractivity contribution in [3.63, 3.8) is 0 Å². The Morgan fingerprint density at radius 2 is 1.67 bits per heavy atom. The molecule has 0 aromatic carbocycles. The van der Waals surface area contributed by atoms with E-state index in [0.29, 0.717) is 12.8 Å². The molecule has 0 saturated heterocycles. The second-order valence-electron chi connectivity index (χ2n) is 2.52. The summed E-state index contributed by atoms with van der Waals surface area (Å²) >= 11 is 2.18. The molecule has 0 amide bonds. The van der Waals surface area contributed by atoms with Crippen molar-refractivity contribution in [2.75, 3.05) is 4.43 Å². The van der Waals surface area contributed by atoms with Gasteiger partial charge in [-0.1, -0.05) is 22.6 Å². The molecule has 54 valence electrons. The van der Waals surface area contributed by atoms with Crippen LogP contribution in [0, 0.1) is 5.92 Å². The Hall–Kier alpha value is 0.590. The predicted octanol–water partition coefficient (Wildman–Crippen LogP) is 2.51. The molecule has 1 aliphatic rings. The second-order valence-corrected chi connectivity index (χ2v) is 3.40. The fourth-order valence-electron chi connectivity index (χ4n) is 1.15. The highest BCUT2D eigenvalue weighted by Crippen LogP contribution is 2.31. The lowest BCUT2D eigenvalue weighted by Crippen LogP contribution is -2.06. The first-order valence-electron chi connectivity index (χ1n) is 3.08. The summed E-state index contributed by atoms with van der Waals surface area (Å²) in [4.78, 5) is 0. The molecular formula is C6H9F2I. The Labute approximate surface area is 67.2 Å². The van der Waals surface area contributed by atoms with Crippen LogP contribution in [-0.4, -0.2) is 16.8 Å². The van der Waals surface area contributed by atoms with Gasteiger partial charge < -0.3 is 0 Å². The van der Waals surface area contributed by atoms with E-state index in [0.717, 1.165) is 4.43 Å². The van der Waals surface area contributed by atoms with Crippen LogP contribution in [0.3, 0.4) is 0 Å². The SMILES string of the molecule is F[C@@H]1C[C@@H](CI)C[C@@H]1F. The van der Waals surface area contributed by atoms with Crippen molar-refractivity contribution in [1.29, 1.82) is 0 Å². The first-order valence-corrected chi connectivity index (χ1v) is 4.60. The molecule has 0 aromatic heterocycles. The Bertz CT molecular complexity index is 87.1. The molecule has 1 rings (SSSR count). The summed E-state index contributed by atoms with van der Waals surface area (Å²) in [7, 11) is 0. The topological polar surface area (TPSA) is 0 Å². The van der Waals surface area contributed by atoms with Crippen LogP contribution in [0.1, 0.15) is 12.8 Å². The first kappa shape index (κ1) is 7.69. The molecule has 3 atom stereocenters. The molecule has 0 heterocycles. The van der Waals surface area contributed by atoms with Gasteiger partial charge in [0.1, 0.15) is 12.3 Å². The first-order chi connectivity index (χ1) is 4.24. The normalized spacial score (nSPS) is 43.7. The third kappa shape index (κ3) is 1.75. The molecule has 1 aliphatic carbocycles. The maximum Gasteiger partial charge on any atom is 0.131 e. The van der Waals surface area contributed by atoms with Crippen molar-refractivity contribution >= 4 is 22.6 Å². The van der Waals surface area contributed by atoms with Gasteiger partial charge in [0, 0.05) is 4.43 Å². The third-order valence-corrected chi connectivity index (χ3v) is 2.97. The minimum atomic E-state index is -1.18. The van der Waals surface area contributed by atoms with Crippen LogP contribution in [-0.2, 0) is 0 Å². The smallest absolute Gasteiger partial charge is 0.131 e. The van der Waals surface area contributed by atoms with E-state index in [9.17, 15) is 8.78 Å². The maximum absolute atomic E-state index is 12.4. The van der Waals surface area contributed by atoms with Gasteiger partial charge in [-0.3, -0.25) is 0 Å². The standard InChI is InChI=1S/C6H9F2I/c7-5-1-4(3-9)2-6(5)8/h4-6H,1-3H2/t4-,5-,6+. The summed E-state index contributed by atoms with van der Waals surface area (Å²) in [6, 6.07) is 0. The van der Waals surface area contributed by atoms with Crippen molar-refractivity contribution in [1.82, 2.24) is 0 Å². The molecule has 1 saturated carbocycles. The van der Waals surface area contributed by atoms with E-state index >= 15 is 0 Å². The van der Waals surface area contributed by atoms with Gasteiger partial charge in [0.25, 0.3) is 0 Å². The fourth-order valence-corrected chi connectivity index (χ4v) is 1.87. The zero-order valence-corrected chi connectivity index (χ0v) is 7.14. The van der Waals surface area contributed by atoms with E-state index in [2.05, 4.69) is 22.6 Å². The van der Waals surface area contributed by atoms with Crippen molar-refractivity contribution < 1.29 is 8.78 Å². The summed E-state index contributed by atoms with van der Waals surface area (Å²) < 4.78 is 25.6. The number of hydrogen-bond acceptors (Lipinski definition) is 0. The Kier molecular flexibility index (Phi) is 2.67. The predicted molar refractivity (Wildman–Crippen MR) is 41.4 cm³/mol. The number of alkyl halides is 3. The van der Waals surface area contributed by atoms with Crippen molar-refractivity contribution in [2.45, 2.75) is 25.2 Å². The molecular weight excluding hydrogens is 237 g/mol. The highest BCUT2D eigenvalue weighted by Gasteiger charge is 2.33. The van der Waals surface area contributed by atoms with Gasteiger partial charge in [-0.2, -0.15) is 0 Å². The molecule has 1 fully saturated rings. The lowest BCUT2D eigenvalue weighted by atomic mass is 10.1. The molecule has 3 heteroatoms. The van der Waals surface area contributed by atoms with Gasteiger partial charge in [0.15, 0.2) is 0 Å². The minimum absolute atomic E-state index is 0.288. The zero-order valence-electron chi connectivity index (χ0n) is 4.99. The van der Waals surface area contributed by atoms with Gasteiger partial charge in [0.2, 0.25) is 0 Å². The lowest BCUT2D eigenvalue weighted by Gasteiger charge is -1.98. The van der Waals surface area contributed by atoms with Crippen LogP contribution in [0.15, 0.2) is 0 Å². The van der Waals surface area contributed by atoms with Gasteiger partial charge in [-0.15, -0.1) is 0 Å². The van der Waals surface area contributed by atoms with Gasteiger partial charge >= 0.3 is 0 Å². The van der Waals surface area contributed by atoms with Gasteiger partial charge in [-0.05, 0) is 18.8 Å². The quantitative estimate of drug-likeness (QED) is 0.492. The summed E-state index contributed by atoms with van der Waals surface area (Å²) in [5.41, 5.74) is 0. The third-order valence-electron chi connectivity index (χ3n) is 1.73. The minimum Gasteiger partial charge on any atom is -0.244 e. The zero-order chi connectivity index (χ0) is 6.85. The molecule has 0 unspecified atom stereocenters. The summed E-state index contributed by atoms with van der Waals surface area (Å²) in [5, 5.41) is 0. The van der Waals surface area contributed by atoms with E-state index in [1.54, 1.807) is 0 Å². The summed E-state index contributed by atoms with van der Waals surface area (Å²) in [6.07, 6.45) is -1.48. The van der Waals surface area contributed by atoms with Crippen LogP contribution in [0.25, 0.3) is 0 Å². The second kappa shape index (κ2) is 3.12. The number of halogens is 3. The van der Waals surface area contributed by atoms with E-state index in [1.807, 2.05) is 0 Å². The van der Waals surface area contributed by atoms with E-state index in [1.165, 1.54) is 0 Å². The number of rotatable bonds is 1. The highest BCUT2D eigenvalue weighted by molar-refractivity contribution is 14.1. The van der Waals surface area contributed by atoms with Crippen molar-refractivity contribution in [2.24, 2.45) is 5.92 Å². The van der Waals surface area contributed by atoms with Crippen molar-refractivity contribution in [3.05, 3.63) is 0 Å². The average molecular weight is 246 g/mol. The molecule has 0 spiro atoms. The van der Waals surface area contributed by atoms with Crippen LogP contribution < -0.4 is 0 Å². The average Bonchev–Trinajstić information content (AvgIpc) is 2.13. The maximum atomic E-state index is 12.4. The Morgan fingerprint density at radius 1 is 1.22 bits per heavy atom. The number of hydrogen-bond donors (Lipinski definition) is 0. The van der Waals surface area contributed by atoms with Crippen LogP contribution in [0.5, 0.6) is 0 Å².